The Kier molecular flexibility index (Phi) is 5.26. The number of fused-ring (bicyclic) bond motifs is 3. The van der Waals surface area contributed by atoms with E-state index in [4.69, 9.17) is 4.74 Å². The van der Waals surface area contributed by atoms with Crippen molar-refractivity contribution >= 4 is 43.4 Å². The van der Waals surface area contributed by atoms with Crippen LogP contribution in [0.2, 0.25) is 0 Å². The highest BCUT2D eigenvalue weighted by atomic mass is 32.1. The fourth-order valence-electron chi connectivity index (χ4n) is 3.54. The molecule has 30 heavy (non-hydrogen) atoms. The van der Waals surface area contributed by atoms with E-state index in [0.717, 1.165) is 21.5 Å². The number of carbonyl (C=O) groups excluding carboxylic acids is 1. The molecule has 7 nitrogen and oxygen atoms in total. The molecule has 0 unspecified atom stereocenters. The normalized spacial score (nSPS) is 11.2. The third-order valence-corrected chi connectivity index (χ3v) is 5.89. The fourth-order valence-corrected chi connectivity index (χ4v) is 4.72. The molecule has 4 rings (SSSR count). The zero-order valence-electron chi connectivity index (χ0n) is 17.3. The molecule has 8 heteroatoms. The zero-order valence-corrected chi connectivity index (χ0v) is 18.1. The van der Waals surface area contributed by atoms with Gasteiger partial charge in [-0.2, -0.15) is 0 Å². The Bertz CT molecular complexity index is 1340. The molecular weight excluding hydrogens is 400 g/mol. The lowest BCUT2D eigenvalue weighted by Crippen LogP contribution is -2.29. The minimum absolute atomic E-state index is 0.131. The van der Waals surface area contributed by atoms with Crippen LogP contribution in [0.1, 0.15) is 24.0 Å². The van der Waals surface area contributed by atoms with Gasteiger partial charge in [0.15, 0.2) is 0 Å². The molecule has 0 radical (unpaired) electrons. The molecule has 1 amide bonds. The van der Waals surface area contributed by atoms with E-state index in [2.05, 4.69) is 15.3 Å². The van der Waals surface area contributed by atoms with Crippen LogP contribution in [0.5, 0.6) is 5.75 Å². The van der Waals surface area contributed by atoms with Crippen molar-refractivity contribution in [1.82, 2.24) is 14.5 Å². The average Bonchev–Trinajstić information content (AvgIpc) is 3.05. The fraction of sp³-hybridized carbons (Fsp3) is 0.273. The van der Waals surface area contributed by atoms with Crippen LogP contribution in [-0.2, 0) is 11.3 Å². The van der Waals surface area contributed by atoms with Gasteiger partial charge in [0.1, 0.15) is 27.6 Å². The number of aryl methyl sites for hydroxylation is 3. The number of amides is 1. The largest absolute Gasteiger partial charge is 0.492 e. The monoisotopic (exact) mass is 422 g/mol. The van der Waals surface area contributed by atoms with Gasteiger partial charge in [-0.3, -0.25) is 14.2 Å². The molecule has 0 aliphatic heterocycles. The number of rotatable bonds is 5. The SMILES string of the molecule is CCOc1ccccc1NC(=O)Cn1c(C)nc2c(sc3nc(C)cc(C)c32)c1=O. The average molecular weight is 423 g/mol. The molecule has 0 bridgehead atoms. The third-order valence-electron chi connectivity index (χ3n) is 4.83. The highest BCUT2D eigenvalue weighted by Gasteiger charge is 2.18. The Morgan fingerprint density at radius 1 is 1.20 bits per heavy atom. The van der Waals surface area contributed by atoms with Gasteiger partial charge in [0.25, 0.3) is 5.56 Å². The maximum absolute atomic E-state index is 13.2. The van der Waals surface area contributed by atoms with E-state index in [0.29, 0.717) is 34.1 Å². The maximum Gasteiger partial charge on any atom is 0.272 e. The van der Waals surface area contributed by atoms with Crippen LogP contribution in [0.3, 0.4) is 0 Å². The van der Waals surface area contributed by atoms with Crippen molar-refractivity contribution < 1.29 is 9.53 Å². The predicted molar refractivity (Wildman–Crippen MR) is 120 cm³/mol. The maximum atomic E-state index is 13.2. The second-order valence-corrected chi connectivity index (χ2v) is 8.07. The lowest BCUT2D eigenvalue weighted by atomic mass is 10.1. The number of hydrogen-bond donors (Lipinski definition) is 1. The molecule has 0 aliphatic carbocycles. The highest BCUT2D eigenvalue weighted by molar-refractivity contribution is 7.25. The number of ether oxygens (including phenoxy) is 1. The summed E-state index contributed by atoms with van der Waals surface area (Å²) in [6.45, 7) is 7.90. The van der Waals surface area contributed by atoms with Crippen molar-refractivity contribution in [2.24, 2.45) is 0 Å². The minimum atomic E-state index is -0.320. The summed E-state index contributed by atoms with van der Waals surface area (Å²) in [6.07, 6.45) is 0. The first kappa shape index (κ1) is 20.0. The van der Waals surface area contributed by atoms with Crippen molar-refractivity contribution in [3.63, 3.8) is 0 Å². The van der Waals surface area contributed by atoms with Gasteiger partial charge >= 0.3 is 0 Å². The van der Waals surface area contributed by atoms with Crippen molar-refractivity contribution in [3.8, 4) is 5.75 Å². The number of hydrogen-bond acceptors (Lipinski definition) is 6. The van der Waals surface area contributed by atoms with Gasteiger partial charge in [-0.1, -0.05) is 12.1 Å². The Morgan fingerprint density at radius 3 is 2.73 bits per heavy atom. The number of nitrogens with zero attached hydrogens (tertiary/aromatic N) is 3. The topological polar surface area (TPSA) is 86.1 Å². The summed E-state index contributed by atoms with van der Waals surface area (Å²) >= 11 is 1.32. The summed E-state index contributed by atoms with van der Waals surface area (Å²) in [7, 11) is 0. The third kappa shape index (κ3) is 3.54. The van der Waals surface area contributed by atoms with Crippen LogP contribution in [-0.4, -0.2) is 27.0 Å². The number of carbonyl (C=O) groups is 1. The van der Waals surface area contributed by atoms with Crippen LogP contribution in [0.25, 0.3) is 20.4 Å². The van der Waals surface area contributed by atoms with E-state index >= 15 is 0 Å². The number of benzene rings is 1. The number of nitrogens with one attached hydrogen (secondary N) is 1. The Morgan fingerprint density at radius 2 is 1.97 bits per heavy atom. The van der Waals surface area contributed by atoms with E-state index in [1.807, 2.05) is 39.0 Å². The van der Waals surface area contributed by atoms with Crippen molar-refractivity contribution in [2.75, 3.05) is 11.9 Å². The number of aromatic nitrogens is 3. The molecule has 1 aromatic carbocycles. The predicted octanol–water partition coefficient (Wildman–Crippen LogP) is 3.97. The summed E-state index contributed by atoms with van der Waals surface area (Å²) in [6, 6.07) is 9.20. The van der Waals surface area contributed by atoms with E-state index < -0.39 is 0 Å². The lowest BCUT2D eigenvalue weighted by Gasteiger charge is -2.13. The molecular formula is C22H22N4O3S. The summed E-state index contributed by atoms with van der Waals surface area (Å²) < 4.78 is 7.46. The summed E-state index contributed by atoms with van der Waals surface area (Å²) in [5.41, 5.74) is 2.93. The van der Waals surface area contributed by atoms with E-state index in [1.54, 1.807) is 19.1 Å². The Labute approximate surface area is 177 Å². The minimum Gasteiger partial charge on any atom is -0.492 e. The van der Waals surface area contributed by atoms with Gasteiger partial charge in [0.05, 0.1) is 17.8 Å². The second kappa shape index (κ2) is 7.87. The molecule has 0 saturated heterocycles. The molecule has 3 heterocycles. The van der Waals surface area contributed by atoms with Crippen LogP contribution in [0.4, 0.5) is 5.69 Å². The van der Waals surface area contributed by atoms with Crippen molar-refractivity contribution in [2.45, 2.75) is 34.2 Å². The van der Waals surface area contributed by atoms with Crippen molar-refractivity contribution in [1.29, 1.82) is 0 Å². The van der Waals surface area contributed by atoms with Crippen LogP contribution in [0.15, 0.2) is 35.1 Å². The Balaban J connectivity index is 1.71. The molecule has 4 aromatic rings. The first-order valence-corrected chi connectivity index (χ1v) is 10.5. The Hall–Kier alpha value is -3.26. The first-order chi connectivity index (χ1) is 14.4. The summed E-state index contributed by atoms with van der Waals surface area (Å²) in [5.74, 6) is 0.757. The molecule has 0 aliphatic rings. The molecule has 3 aromatic heterocycles. The number of thiophene rings is 1. The molecule has 0 spiro atoms. The van der Waals surface area contributed by atoms with Gasteiger partial charge in [-0.05, 0) is 51.5 Å². The highest BCUT2D eigenvalue weighted by Crippen LogP contribution is 2.32. The molecule has 0 fully saturated rings. The zero-order chi connectivity index (χ0) is 21.4. The lowest BCUT2D eigenvalue weighted by molar-refractivity contribution is -0.116. The molecule has 1 N–H and O–H groups in total. The molecule has 0 saturated carbocycles. The molecule has 154 valence electrons. The molecule has 0 atom stereocenters. The number of para-hydroxylation sites is 2. The number of pyridine rings is 1. The quantitative estimate of drug-likeness (QED) is 0.526. The van der Waals surface area contributed by atoms with E-state index in [-0.39, 0.29) is 18.0 Å². The van der Waals surface area contributed by atoms with Gasteiger partial charge < -0.3 is 10.1 Å². The van der Waals surface area contributed by atoms with Gasteiger partial charge in [0, 0.05) is 11.1 Å². The van der Waals surface area contributed by atoms with Gasteiger partial charge in [0.2, 0.25) is 5.91 Å². The second-order valence-electron chi connectivity index (χ2n) is 7.07. The smallest absolute Gasteiger partial charge is 0.272 e. The van der Waals surface area contributed by atoms with E-state index in [1.165, 1.54) is 15.9 Å². The van der Waals surface area contributed by atoms with Crippen molar-refractivity contribution in [3.05, 3.63) is 57.8 Å². The van der Waals surface area contributed by atoms with Gasteiger partial charge in [-0.25, -0.2) is 9.97 Å². The first-order valence-electron chi connectivity index (χ1n) is 9.68. The van der Waals surface area contributed by atoms with Gasteiger partial charge in [-0.15, -0.1) is 11.3 Å². The standard InChI is InChI=1S/C22H22N4O3S/c1-5-29-16-9-7-6-8-15(16)25-17(27)11-26-14(4)24-19-18-12(2)10-13(3)23-21(18)30-20(19)22(26)28/h6-10H,5,11H2,1-4H3,(H,25,27). The van der Waals surface area contributed by atoms with Crippen LogP contribution >= 0.6 is 11.3 Å². The van der Waals surface area contributed by atoms with Crippen LogP contribution < -0.4 is 15.6 Å². The van der Waals surface area contributed by atoms with E-state index in [9.17, 15) is 9.59 Å². The van der Waals surface area contributed by atoms with Crippen LogP contribution in [0, 0.1) is 20.8 Å². The summed E-state index contributed by atoms with van der Waals surface area (Å²) in [4.78, 5) is 35.9. The number of anilines is 1. The summed E-state index contributed by atoms with van der Waals surface area (Å²) in [5, 5.41) is 3.73.